The van der Waals surface area contributed by atoms with Gasteiger partial charge >= 0.3 is 11.3 Å². The standard InChI is InChI=1S/C29H23NO6/c1-17(18-7-4-3-5-8-18)30-15-23-24(34-16-30)12-11-20-21(14-26(31)35-28(20)23)22-13-19-9-6-10-25(33-2)27(19)36-29(22)32/h3-14,17H,15-16H2,1-2H3. The minimum atomic E-state index is -0.563. The van der Waals surface area contributed by atoms with E-state index < -0.39 is 11.3 Å². The van der Waals surface area contributed by atoms with Crippen molar-refractivity contribution in [2.45, 2.75) is 19.5 Å². The van der Waals surface area contributed by atoms with Gasteiger partial charge in [0, 0.05) is 35.0 Å². The maximum atomic E-state index is 13.1. The number of nitrogens with zero attached hydrogens (tertiary/aromatic N) is 1. The fourth-order valence-electron chi connectivity index (χ4n) is 4.83. The smallest absolute Gasteiger partial charge is 0.344 e. The Morgan fingerprint density at radius 2 is 1.72 bits per heavy atom. The lowest BCUT2D eigenvalue weighted by Crippen LogP contribution is -2.34. The number of fused-ring (bicyclic) bond motifs is 4. The molecule has 180 valence electrons. The Morgan fingerprint density at radius 1 is 0.889 bits per heavy atom. The van der Waals surface area contributed by atoms with Crippen molar-refractivity contribution < 1.29 is 18.3 Å². The van der Waals surface area contributed by atoms with E-state index in [-0.39, 0.29) is 11.6 Å². The molecule has 3 aromatic carbocycles. The topological polar surface area (TPSA) is 82.1 Å². The van der Waals surface area contributed by atoms with Crippen molar-refractivity contribution in [1.29, 1.82) is 0 Å². The maximum Gasteiger partial charge on any atom is 0.344 e. The van der Waals surface area contributed by atoms with Crippen LogP contribution in [0.1, 0.15) is 24.1 Å². The summed E-state index contributed by atoms with van der Waals surface area (Å²) in [6.07, 6.45) is 0. The van der Waals surface area contributed by atoms with E-state index in [1.54, 1.807) is 12.1 Å². The van der Waals surface area contributed by atoms with Crippen LogP contribution in [0, 0.1) is 0 Å². The first-order valence-electron chi connectivity index (χ1n) is 11.7. The van der Waals surface area contributed by atoms with E-state index in [9.17, 15) is 9.59 Å². The number of hydrogen-bond acceptors (Lipinski definition) is 7. The van der Waals surface area contributed by atoms with Crippen LogP contribution in [0.4, 0.5) is 0 Å². The number of hydrogen-bond donors (Lipinski definition) is 0. The Labute approximate surface area is 206 Å². The number of benzene rings is 3. The summed E-state index contributed by atoms with van der Waals surface area (Å²) in [7, 11) is 1.52. The molecule has 0 radical (unpaired) electrons. The lowest BCUT2D eigenvalue weighted by Gasteiger charge is -2.34. The summed E-state index contributed by atoms with van der Waals surface area (Å²) in [4.78, 5) is 27.9. The number of para-hydroxylation sites is 1. The third kappa shape index (κ3) is 3.65. The van der Waals surface area contributed by atoms with Crippen LogP contribution in [0.25, 0.3) is 33.1 Å². The highest BCUT2D eigenvalue weighted by Gasteiger charge is 2.27. The zero-order valence-electron chi connectivity index (χ0n) is 19.8. The first-order valence-corrected chi connectivity index (χ1v) is 11.7. The predicted octanol–water partition coefficient (Wildman–Crippen LogP) is 5.49. The molecule has 6 rings (SSSR count). The van der Waals surface area contributed by atoms with Crippen molar-refractivity contribution in [3.05, 3.63) is 105 Å². The van der Waals surface area contributed by atoms with Crippen molar-refractivity contribution in [2.75, 3.05) is 13.8 Å². The fraction of sp³-hybridized carbons (Fsp3) is 0.172. The van der Waals surface area contributed by atoms with Crippen LogP contribution >= 0.6 is 0 Å². The molecule has 7 heteroatoms. The second-order valence-electron chi connectivity index (χ2n) is 8.83. The van der Waals surface area contributed by atoms with Crippen molar-refractivity contribution in [2.24, 2.45) is 0 Å². The van der Waals surface area contributed by atoms with E-state index in [0.717, 1.165) is 11.1 Å². The Bertz CT molecular complexity index is 1720. The molecule has 2 aromatic heterocycles. The lowest BCUT2D eigenvalue weighted by atomic mass is 9.98. The molecular weight excluding hydrogens is 458 g/mol. The lowest BCUT2D eigenvalue weighted by molar-refractivity contribution is 0.0620. The van der Waals surface area contributed by atoms with E-state index in [1.807, 2.05) is 42.5 Å². The van der Waals surface area contributed by atoms with E-state index in [0.29, 0.717) is 52.3 Å². The number of methoxy groups -OCH3 is 1. The van der Waals surface area contributed by atoms with Gasteiger partial charge in [0.15, 0.2) is 11.3 Å². The van der Waals surface area contributed by atoms with Gasteiger partial charge in [0.05, 0.1) is 18.2 Å². The zero-order valence-corrected chi connectivity index (χ0v) is 19.8. The summed E-state index contributed by atoms with van der Waals surface area (Å²) in [5.41, 5.74) is 2.32. The predicted molar refractivity (Wildman–Crippen MR) is 136 cm³/mol. The molecule has 5 aromatic rings. The average molecular weight is 482 g/mol. The second kappa shape index (κ2) is 8.70. The van der Waals surface area contributed by atoms with Crippen LogP contribution in [0.5, 0.6) is 11.5 Å². The van der Waals surface area contributed by atoms with Gasteiger partial charge in [-0.1, -0.05) is 42.5 Å². The van der Waals surface area contributed by atoms with Gasteiger partial charge in [0.2, 0.25) is 0 Å². The van der Waals surface area contributed by atoms with Gasteiger partial charge in [-0.15, -0.1) is 0 Å². The van der Waals surface area contributed by atoms with Gasteiger partial charge in [0.25, 0.3) is 0 Å². The van der Waals surface area contributed by atoms with Crippen LogP contribution in [-0.2, 0) is 6.54 Å². The largest absolute Gasteiger partial charge is 0.493 e. The summed E-state index contributed by atoms with van der Waals surface area (Å²) >= 11 is 0. The van der Waals surface area contributed by atoms with Gasteiger partial charge in [-0.3, -0.25) is 4.90 Å². The minimum absolute atomic E-state index is 0.0898. The summed E-state index contributed by atoms with van der Waals surface area (Å²) < 4.78 is 22.7. The van der Waals surface area contributed by atoms with Crippen LogP contribution in [0.2, 0.25) is 0 Å². The third-order valence-electron chi connectivity index (χ3n) is 6.78. The van der Waals surface area contributed by atoms with E-state index in [4.69, 9.17) is 18.3 Å². The first kappa shape index (κ1) is 22.1. The third-order valence-corrected chi connectivity index (χ3v) is 6.78. The molecule has 1 unspecified atom stereocenters. The zero-order chi connectivity index (χ0) is 24.8. The first-order chi connectivity index (χ1) is 17.5. The highest BCUT2D eigenvalue weighted by molar-refractivity contribution is 5.97. The van der Waals surface area contributed by atoms with E-state index in [2.05, 4.69) is 24.0 Å². The Morgan fingerprint density at radius 3 is 2.53 bits per heavy atom. The molecule has 3 heterocycles. The van der Waals surface area contributed by atoms with Crippen LogP contribution < -0.4 is 20.7 Å². The van der Waals surface area contributed by atoms with Gasteiger partial charge < -0.3 is 18.3 Å². The Hall–Kier alpha value is -4.36. The van der Waals surface area contributed by atoms with E-state index >= 15 is 0 Å². The molecule has 0 fully saturated rings. The highest BCUT2D eigenvalue weighted by Crippen LogP contribution is 2.38. The molecule has 0 saturated carbocycles. The summed E-state index contributed by atoms with van der Waals surface area (Å²) in [6, 6.07) is 22.4. The molecule has 0 aliphatic carbocycles. The Balaban J connectivity index is 1.50. The quantitative estimate of drug-likeness (QED) is 0.314. The summed E-state index contributed by atoms with van der Waals surface area (Å²) in [5, 5.41) is 1.33. The average Bonchev–Trinajstić information content (AvgIpc) is 2.91. The molecule has 1 aliphatic heterocycles. The van der Waals surface area contributed by atoms with Gasteiger partial charge in [-0.05, 0) is 36.8 Å². The molecule has 0 N–H and O–H groups in total. The Kier molecular flexibility index (Phi) is 5.34. The van der Waals surface area contributed by atoms with Crippen LogP contribution in [-0.4, -0.2) is 18.7 Å². The van der Waals surface area contributed by atoms with Gasteiger partial charge in [0.1, 0.15) is 18.1 Å². The van der Waals surface area contributed by atoms with Gasteiger partial charge in [-0.2, -0.15) is 0 Å². The molecule has 1 atom stereocenters. The van der Waals surface area contributed by atoms with Crippen LogP contribution in [0.15, 0.2) is 91.2 Å². The molecular formula is C29H23NO6. The number of rotatable bonds is 4. The molecule has 0 bridgehead atoms. The second-order valence-corrected chi connectivity index (χ2v) is 8.83. The SMILES string of the molecule is COc1cccc2cc(-c3cc(=O)oc4c5c(ccc34)OCN(C(C)c3ccccc3)C5)c(=O)oc12. The molecule has 0 amide bonds. The van der Waals surface area contributed by atoms with Crippen molar-refractivity contribution in [3.63, 3.8) is 0 Å². The van der Waals surface area contributed by atoms with E-state index in [1.165, 1.54) is 13.2 Å². The number of ether oxygens (including phenoxy) is 2. The molecule has 36 heavy (non-hydrogen) atoms. The molecule has 7 nitrogen and oxygen atoms in total. The summed E-state index contributed by atoms with van der Waals surface area (Å²) in [5.74, 6) is 1.13. The van der Waals surface area contributed by atoms with Crippen molar-refractivity contribution >= 4 is 21.9 Å². The normalized spacial score (nSPS) is 14.4. The molecule has 1 aliphatic rings. The highest BCUT2D eigenvalue weighted by atomic mass is 16.5. The minimum Gasteiger partial charge on any atom is -0.493 e. The van der Waals surface area contributed by atoms with Crippen LogP contribution in [0.3, 0.4) is 0 Å². The van der Waals surface area contributed by atoms with Crippen molar-refractivity contribution in [1.82, 2.24) is 4.90 Å². The molecule has 0 spiro atoms. The summed E-state index contributed by atoms with van der Waals surface area (Å²) in [6.45, 7) is 3.05. The molecule has 0 saturated heterocycles. The van der Waals surface area contributed by atoms with Gasteiger partial charge in [-0.25, -0.2) is 9.59 Å². The van der Waals surface area contributed by atoms with Crippen molar-refractivity contribution in [3.8, 4) is 22.6 Å². The monoisotopic (exact) mass is 481 g/mol. The fourth-order valence-corrected chi connectivity index (χ4v) is 4.83. The maximum absolute atomic E-state index is 13.1.